The molecule has 144 valence electrons. The quantitative estimate of drug-likeness (QED) is 0.536. The van der Waals surface area contributed by atoms with Gasteiger partial charge in [0, 0.05) is 54.5 Å². The van der Waals surface area contributed by atoms with Crippen LogP contribution in [-0.2, 0) is 7.05 Å². The summed E-state index contributed by atoms with van der Waals surface area (Å²) in [6, 6.07) is 10.3. The molecule has 3 aromatic heterocycles. The van der Waals surface area contributed by atoms with Gasteiger partial charge in [0.05, 0.1) is 0 Å². The Balaban J connectivity index is 1.78. The van der Waals surface area contributed by atoms with Crippen LogP contribution in [0.3, 0.4) is 0 Å². The molecule has 4 aromatic rings. The van der Waals surface area contributed by atoms with E-state index in [0.29, 0.717) is 5.56 Å². The Morgan fingerprint density at radius 2 is 2.03 bits per heavy atom. The van der Waals surface area contributed by atoms with Gasteiger partial charge < -0.3 is 9.55 Å². The number of nitrogens with zero attached hydrogens (tertiary/aromatic N) is 2. The Bertz CT molecular complexity index is 1310. The summed E-state index contributed by atoms with van der Waals surface area (Å²) in [6.07, 6.45) is 5.21. The monoisotopic (exact) mass is 389 g/mol. The van der Waals surface area contributed by atoms with Gasteiger partial charge in [0.2, 0.25) is 0 Å². The average molecular weight is 389 g/mol. The highest BCUT2D eigenvalue weighted by Crippen LogP contribution is 2.28. The molecule has 1 N–H and O–H groups in total. The summed E-state index contributed by atoms with van der Waals surface area (Å²) in [4.78, 5) is 19.9. The number of aromatic amines is 1. The molecular formula is C23H17F2N3O. The average Bonchev–Trinajstić information content (AvgIpc) is 3.20. The number of aryl methyl sites for hydroxylation is 1. The van der Waals surface area contributed by atoms with Crippen LogP contribution in [0.1, 0.15) is 29.0 Å². The fourth-order valence-electron chi connectivity index (χ4n) is 3.37. The summed E-state index contributed by atoms with van der Waals surface area (Å²) < 4.78 is 29.8. The summed E-state index contributed by atoms with van der Waals surface area (Å²) in [5, 5.41) is 0.879. The molecule has 0 saturated carbocycles. The maximum Gasteiger partial charge on any atom is 0.254 e. The standard InChI is InChI=1S/C23H17F2N3O/c1-28-13-3-6-19(23(28)29)18(20-14-16(24)7-8-21(20)25)5-2-4-15-9-11-26-22-17(15)10-12-27-22/h3,6-14,18H,5H2,1H3,(H,26,27). The molecule has 4 nitrogen and oxygen atoms in total. The van der Waals surface area contributed by atoms with Gasteiger partial charge in [0.1, 0.15) is 17.3 Å². The molecular weight excluding hydrogens is 372 g/mol. The molecule has 0 spiro atoms. The van der Waals surface area contributed by atoms with Crippen molar-refractivity contribution in [3.63, 3.8) is 0 Å². The number of hydrogen-bond acceptors (Lipinski definition) is 2. The Morgan fingerprint density at radius 3 is 2.90 bits per heavy atom. The Kier molecular flexibility index (Phi) is 4.96. The highest BCUT2D eigenvalue weighted by Gasteiger charge is 2.21. The number of hydrogen-bond donors (Lipinski definition) is 1. The second-order valence-electron chi connectivity index (χ2n) is 6.70. The Morgan fingerprint density at radius 1 is 1.17 bits per heavy atom. The number of aromatic nitrogens is 3. The van der Waals surface area contributed by atoms with Gasteiger partial charge >= 0.3 is 0 Å². The van der Waals surface area contributed by atoms with Crippen LogP contribution < -0.4 is 5.56 Å². The van der Waals surface area contributed by atoms with E-state index in [2.05, 4.69) is 21.8 Å². The first kappa shape index (κ1) is 18.6. The summed E-state index contributed by atoms with van der Waals surface area (Å²) in [7, 11) is 1.62. The number of nitrogens with one attached hydrogen (secondary N) is 1. The van der Waals surface area contributed by atoms with Crippen LogP contribution in [0.15, 0.2) is 65.8 Å². The molecule has 0 aliphatic carbocycles. The van der Waals surface area contributed by atoms with E-state index in [-0.39, 0.29) is 17.5 Å². The van der Waals surface area contributed by atoms with Crippen molar-refractivity contribution in [3.05, 3.63) is 99.7 Å². The lowest BCUT2D eigenvalue weighted by molar-refractivity contribution is 0.574. The second-order valence-corrected chi connectivity index (χ2v) is 6.70. The van der Waals surface area contributed by atoms with E-state index in [1.165, 1.54) is 4.57 Å². The first-order valence-corrected chi connectivity index (χ1v) is 9.06. The SMILES string of the molecule is Cn1cccc(C(CC#Cc2ccnc3[nH]ccc23)c2cc(F)ccc2F)c1=O. The van der Waals surface area contributed by atoms with Crippen LogP contribution in [0, 0.1) is 23.5 Å². The van der Waals surface area contributed by atoms with Crippen molar-refractivity contribution in [2.45, 2.75) is 12.3 Å². The predicted octanol–water partition coefficient (Wildman–Crippen LogP) is 4.11. The lowest BCUT2D eigenvalue weighted by Gasteiger charge is -2.16. The van der Waals surface area contributed by atoms with Gasteiger partial charge in [-0.25, -0.2) is 13.8 Å². The van der Waals surface area contributed by atoms with E-state index in [9.17, 15) is 13.6 Å². The molecule has 4 rings (SSSR count). The van der Waals surface area contributed by atoms with Gasteiger partial charge in [0.15, 0.2) is 0 Å². The van der Waals surface area contributed by atoms with E-state index in [4.69, 9.17) is 0 Å². The molecule has 1 atom stereocenters. The van der Waals surface area contributed by atoms with E-state index in [1.807, 2.05) is 6.07 Å². The van der Waals surface area contributed by atoms with Crippen molar-refractivity contribution in [2.24, 2.45) is 7.05 Å². The molecule has 6 heteroatoms. The van der Waals surface area contributed by atoms with E-state index in [0.717, 1.165) is 34.8 Å². The third-order valence-electron chi connectivity index (χ3n) is 4.85. The maximum atomic E-state index is 14.5. The molecule has 3 heterocycles. The van der Waals surface area contributed by atoms with Crippen molar-refractivity contribution >= 4 is 11.0 Å². The molecule has 0 radical (unpaired) electrons. The zero-order valence-corrected chi connectivity index (χ0v) is 15.6. The summed E-state index contributed by atoms with van der Waals surface area (Å²) in [6.45, 7) is 0. The van der Waals surface area contributed by atoms with Crippen molar-refractivity contribution in [3.8, 4) is 11.8 Å². The molecule has 0 aliphatic rings. The number of benzene rings is 1. The van der Waals surface area contributed by atoms with Crippen LogP contribution >= 0.6 is 0 Å². The van der Waals surface area contributed by atoms with Crippen molar-refractivity contribution < 1.29 is 8.78 Å². The fraction of sp³-hybridized carbons (Fsp3) is 0.130. The van der Waals surface area contributed by atoms with Crippen molar-refractivity contribution in [2.75, 3.05) is 0 Å². The van der Waals surface area contributed by atoms with Crippen LogP contribution in [0.4, 0.5) is 8.78 Å². The van der Waals surface area contributed by atoms with Gasteiger partial charge in [-0.3, -0.25) is 4.79 Å². The van der Waals surface area contributed by atoms with Gasteiger partial charge in [-0.2, -0.15) is 0 Å². The smallest absolute Gasteiger partial charge is 0.254 e. The predicted molar refractivity (Wildman–Crippen MR) is 107 cm³/mol. The lowest BCUT2D eigenvalue weighted by atomic mass is 9.89. The first-order valence-electron chi connectivity index (χ1n) is 9.06. The van der Waals surface area contributed by atoms with Crippen LogP contribution in [-0.4, -0.2) is 14.5 Å². The van der Waals surface area contributed by atoms with Crippen LogP contribution in [0.25, 0.3) is 11.0 Å². The second kappa shape index (κ2) is 7.72. The highest BCUT2D eigenvalue weighted by molar-refractivity contribution is 5.82. The number of halogens is 2. The van der Waals surface area contributed by atoms with Gasteiger partial charge in [-0.15, -0.1) is 0 Å². The topological polar surface area (TPSA) is 50.7 Å². The minimum Gasteiger partial charge on any atom is -0.346 e. The van der Waals surface area contributed by atoms with Gasteiger partial charge in [0.25, 0.3) is 5.56 Å². The van der Waals surface area contributed by atoms with E-state index >= 15 is 0 Å². The minimum absolute atomic E-state index is 0.115. The maximum absolute atomic E-state index is 14.5. The van der Waals surface area contributed by atoms with Gasteiger partial charge in [-0.1, -0.05) is 17.9 Å². The molecule has 1 unspecified atom stereocenters. The third kappa shape index (κ3) is 3.67. The number of fused-ring (bicyclic) bond motifs is 1. The van der Waals surface area contributed by atoms with Crippen molar-refractivity contribution in [1.29, 1.82) is 0 Å². The summed E-state index contributed by atoms with van der Waals surface area (Å²) in [5.41, 5.74) is 1.72. The normalized spacial score (nSPS) is 11.8. The highest BCUT2D eigenvalue weighted by atomic mass is 19.1. The summed E-state index contributed by atoms with van der Waals surface area (Å²) in [5.74, 6) is 4.30. The number of H-pyrrole nitrogens is 1. The van der Waals surface area contributed by atoms with E-state index < -0.39 is 17.6 Å². The first-order chi connectivity index (χ1) is 14.0. The van der Waals surface area contributed by atoms with E-state index in [1.54, 1.807) is 43.8 Å². The molecule has 0 fully saturated rings. The molecule has 0 bridgehead atoms. The fourth-order valence-corrected chi connectivity index (χ4v) is 3.37. The Labute approximate surface area is 165 Å². The molecule has 0 amide bonds. The third-order valence-corrected chi connectivity index (χ3v) is 4.85. The molecule has 0 aliphatic heterocycles. The molecule has 0 saturated heterocycles. The van der Waals surface area contributed by atoms with Gasteiger partial charge in [-0.05, 0) is 42.0 Å². The zero-order chi connectivity index (χ0) is 20.4. The largest absolute Gasteiger partial charge is 0.346 e. The zero-order valence-electron chi connectivity index (χ0n) is 15.6. The molecule has 29 heavy (non-hydrogen) atoms. The lowest BCUT2D eigenvalue weighted by Crippen LogP contribution is -2.23. The number of pyridine rings is 2. The van der Waals surface area contributed by atoms with Crippen LogP contribution in [0.2, 0.25) is 0 Å². The number of rotatable bonds is 3. The molecule has 1 aromatic carbocycles. The van der Waals surface area contributed by atoms with Crippen molar-refractivity contribution in [1.82, 2.24) is 14.5 Å². The minimum atomic E-state index is -0.693. The Hall–Kier alpha value is -3.72. The van der Waals surface area contributed by atoms with Crippen LogP contribution in [0.5, 0.6) is 0 Å². The summed E-state index contributed by atoms with van der Waals surface area (Å²) >= 11 is 0.